The van der Waals surface area contributed by atoms with Crippen LogP contribution in [-0.2, 0) is 12.5 Å². The number of anilines is 1. The van der Waals surface area contributed by atoms with Gasteiger partial charge in [0.25, 0.3) is 5.91 Å². The highest BCUT2D eigenvalue weighted by molar-refractivity contribution is 7.44. The van der Waals surface area contributed by atoms with Crippen molar-refractivity contribution in [1.29, 1.82) is 5.53 Å². The van der Waals surface area contributed by atoms with Gasteiger partial charge in [0.15, 0.2) is 17.7 Å². The first kappa shape index (κ1) is 37.3. The SMILES string of the molecule is C#CC#CC#CC#CC#CC#CC#CC#CC.Cc1ccc(-c2csc(NC(=O)c3cc(C)ccn3)n2)cc1.O=S.[HH].[HH].[HH].[HH].[HH].[N-]=[N+]=N. The van der Waals surface area contributed by atoms with Crippen LogP contribution in [0.2, 0.25) is 0 Å². The first-order valence-electron chi connectivity index (χ1n) is 11.8. The van der Waals surface area contributed by atoms with E-state index in [0.717, 1.165) is 16.8 Å². The number of hydrogen-bond donors (Lipinski definition) is 2. The Morgan fingerprint density at radius 3 is 1.89 bits per heavy atom. The van der Waals surface area contributed by atoms with Gasteiger partial charge < -0.3 is 0 Å². The molecule has 1 amide bonds. The highest BCUT2D eigenvalue weighted by atomic mass is 32.1. The number of pyridine rings is 1. The molecule has 10 heteroatoms. The molecule has 220 valence electrons. The van der Waals surface area contributed by atoms with E-state index in [0.29, 0.717) is 10.8 Å². The number of nitrogens with one attached hydrogen (secondary N) is 2. The molecule has 0 atom stereocenters. The van der Waals surface area contributed by atoms with Gasteiger partial charge in [-0.25, -0.2) is 4.98 Å². The second-order valence-electron chi connectivity index (χ2n) is 7.20. The molecule has 0 aliphatic rings. The van der Waals surface area contributed by atoms with E-state index in [1.165, 1.54) is 16.9 Å². The summed E-state index contributed by atoms with van der Waals surface area (Å²) in [6, 6.07) is 11.8. The summed E-state index contributed by atoms with van der Waals surface area (Å²) in [6.45, 7) is 5.68. The number of amides is 1. The average Bonchev–Trinajstić information content (AvgIpc) is 3.50. The molecule has 2 aromatic heterocycles. The topological polar surface area (TPSA) is 132 Å². The van der Waals surface area contributed by atoms with Crippen molar-refractivity contribution in [3.63, 3.8) is 0 Å². The second-order valence-corrected chi connectivity index (χ2v) is 8.05. The minimum absolute atomic E-state index is 0. The number of benzene rings is 1. The quantitative estimate of drug-likeness (QED) is 0.150. The predicted octanol–water partition coefficient (Wildman–Crippen LogP) is 6.51. The molecule has 0 bridgehead atoms. The number of thiazole rings is 1. The van der Waals surface area contributed by atoms with E-state index < -0.39 is 0 Å². The van der Waals surface area contributed by atoms with E-state index in [2.05, 4.69) is 117 Å². The Morgan fingerprint density at radius 1 is 0.909 bits per heavy atom. The largest absolute Gasteiger partial charge is 0.296 e. The van der Waals surface area contributed by atoms with Crippen LogP contribution in [0.3, 0.4) is 0 Å². The fourth-order valence-corrected chi connectivity index (χ4v) is 3.17. The van der Waals surface area contributed by atoms with Gasteiger partial charge in [-0.15, -0.1) is 23.3 Å². The van der Waals surface area contributed by atoms with Gasteiger partial charge in [-0.2, -0.15) is 4.21 Å². The third-order valence-corrected chi connectivity index (χ3v) is 4.92. The van der Waals surface area contributed by atoms with Crippen molar-refractivity contribution in [2.75, 3.05) is 5.32 Å². The number of aryl methyl sites for hydroxylation is 2. The lowest BCUT2D eigenvalue weighted by Crippen LogP contribution is -2.13. The summed E-state index contributed by atoms with van der Waals surface area (Å²) in [5.74, 6) is 36.7. The van der Waals surface area contributed by atoms with Crippen LogP contribution in [-0.4, -0.2) is 20.1 Å². The Bertz CT molecular complexity index is 1980. The molecule has 0 saturated heterocycles. The van der Waals surface area contributed by atoms with Gasteiger partial charge in [0, 0.05) is 24.3 Å². The molecule has 2 heterocycles. The average molecular weight is 619 g/mol. The molecule has 0 spiro atoms. The molecule has 44 heavy (non-hydrogen) atoms. The van der Waals surface area contributed by atoms with Gasteiger partial charge in [0.1, 0.15) is 5.69 Å². The van der Waals surface area contributed by atoms with Crippen LogP contribution < -0.4 is 5.32 Å². The lowest BCUT2D eigenvalue weighted by atomic mass is 10.1. The van der Waals surface area contributed by atoms with Gasteiger partial charge in [-0.1, -0.05) is 35.7 Å². The van der Waals surface area contributed by atoms with E-state index in [-0.39, 0.29) is 13.0 Å². The highest BCUT2D eigenvalue weighted by Gasteiger charge is 2.11. The van der Waals surface area contributed by atoms with Gasteiger partial charge in [0.2, 0.25) is 0 Å². The summed E-state index contributed by atoms with van der Waals surface area (Å²) >= 11 is 4.24. The molecule has 0 fully saturated rings. The maximum absolute atomic E-state index is 12.1. The molecule has 2 N–H and O–H groups in total. The standard InChI is InChI=1S/C17H15N3OS.C17H4.HN3.OS.5H2/c1-11-3-5-13(6-4-11)15-10-22-17(19-15)20-16(21)14-9-12(2)7-8-18-14;1-3-5-7-9-11-13-15-17-16-14-12-10-8-6-4-2;1-3-2;1-2;;;;;/h3-10H,1-2H3,(H,19,20,21);1H,2H3;1H;;5*1H. The summed E-state index contributed by atoms with van der Waals surface area (Å²) in [5, 5.41) is 5.30. The molecule has 0 aliphatic carbocycles. The number of nitrogens with zero attached hydrogens (tertiary/aromatic N) is 4. The summed E-state index contributed by atoms with van der Waals surface area (Å²) in [7, 11) is 0. The molecule has 3 rings (SSSR count). The maximum atomic E-state index is 12.1. The van der Waals surface area contributed by atoms with Crippen molar-refractivity contribution in [1.82, 2.24) is 9.97 Å². The number of hydrogen-bond acceptors (Lipinski definition) is 7. The van der Waals surface area contributed by atoms with E-state index in [9.17, 15) is 4.79 Å². The van der Waals surface area contributed by atoms with Crippen LogP contribution in [0.4, 0.5) is 5.13 Å². The first-order valence-corrected chi connectivity index (χ1v) is 13.0. The highest BCUT2D eigenvalue weighted by Crippen LogP contribution is 2.25. The third-order valence-electron chi connectivity index (χ3n) is 4.17. The van der Waals surface area contributed by atoms with Crippen LogP contribution in [0.5, 0.6) is 0 Å². The minimum atomic E-state index is -0.242. The summed E-state index contributed by atoms with van der Waals surface area (Å²) < 4.78 is 7.83. The van der Waals surface area contributed by atoms with E-state index in [1.54, 1.807) is 24.1 Å². The number of rotatable bonds is 3. The van der Waals surface area contributed by atoms with Crippen LogP contribution in [0, 0.1) is 115 Å². The molecule has 0 aliphatic heterocycles. The van der Waals surface area contributed by atoms with E-state index in [1.807, 2.05) is 49.6 Å². The second kappa shape index (κ2) is 25.3. The molecular weight excluding hydrogens is 589 g/mol. The molecule has 0 radical (unpaired) electrons. The van der Waals surface area contributed by atoms with Gasteiger partial charge >= 0.3 is 0 Å². The Labute approximate surface area is 273 Å². The van der Waals surface area contributed by atoms with Gasteiger partial charge in [-0.05, 0) is 132 Å². The normalized spacial score (nSPS) is 6.95. The predicted molar refractivity (Wildman–Crippen MR) is 186 cm³/mol. The van der Waals surface area contributed by atoms with Crippen LogP contribution in [0.1, 0.15) is 35.7 Å². The van der Waals surface area contributed by atoms with Crippen LogP contribution in [0.15, 0.2) is 48.0 Å². The Balaban J connectivity index is -0.000000156. The molecule has 8 nitrogen and oxygen atoms in total. The minimum Gasteiger partial charge on any atom is -0.296 e. The van der Waals surface area contributed by atoms with Crippen molar-refractivity contribution in [2.45, 2.75) is 20.8 Å². The Morgan fingerprint density at radius 2 is 1.41 bits per heavy atom. The number of carbonyl (C=O) groups excluding carboxylic acids is 1. The van der Waals surface area contributed by atoms with Crippen molar-refractivity contribution in [3.05, 3.63) is 75.2 Å². The van der Waals surface area contributed by atoms with Gasteiger partial charge in [0.05, 0.1) is 5.69 Å². The Hall–Kier alpha value is -6.72. The molecule has 0 unspecified atom stereocenters. The summed E-state index contributed by atoms with van der Waals surface area (Å²) in [4.78, 5) is 22.4. The molecule has 0 saturated carbocycles. The van der Waals surface area contributed by atoms with Crippen LogP contribution >= 0.6 is 11.3 Å². The first-order chi connectivity index (χ1) is 21.4. The Kier molecular flexibility index (Phi) is 21.4. The number of carbonyl (C=O) groups is 1. The molecule has 1 aromatic carbocycles. The van der Waals surface area contributed by atoms with Crippen molar-refractivity contribution in [3.8, 4) is 106 Å². The fraction of sp³-hybridized carbons (Fsp3) is 0.0882. The number of aromatic nitrogens is 2. The fourth-order valence-electron chi connectivity index (χ4n) is 2.45. The molecular formula is C34H30N6O2S2. The van der Waals surface area contributed by atoms with E-state index in [4.69, 9.17) is 21.7 Å². The smallest absolute Gasteiger partial charge is 0.276 e. The third kappa shape index (κ3) is 17.8. The van der Waals surface area contributed by atoms with E-state index >= 15 is 0 Å². The zero-order valence-corrected chi connectivity index (χ0v) is 25.3. The van der Waals surface area contributed by atoms with Crippen LogP contribution in [0.25, 0.3) is 21.7 Å². The monoisotopic (exact) mass is 618 g/mol. The zero-order valence-electron chi connectivity index (χ0n) is 23.6. The summed E-state index contributed by atoms with van der Waals surface area (Å²) in [5.41, 5.74) is 16.7. The zero-order chi connectivity index (χ0) is 32.8. The lowest BCUT2D eigenvalue weighted by molar-refractivity contribution is 0.102. The summed E-state index contributed by atoms with van der Waals surface area (Å²) in [6.07, 6.45) is 6.51. The van der Waals surface area contributed by atoms with Gasteiger partial charge in [-0.3, -0.25) is 15.1 Å². The van der Waals surface area contributed by atoms with Crippen molar-refractivity contribution in [2.24, 2.45) is 0 Å². The molecule has 3 aromatic rings. The van der Waals surface area contributed by atoms with Crippen molar-refractivity contribution < 1.29 is 16.1 Å². The lowest BCUT2D eigenvalue weighted by Gasteiger charge is -2.01. The maximum Gasteiger partial charge on any atom is 0.276 e. The van der Waals surface area contributed by atoms with Crippen molar-refractivity contribution >= 4 is 34.9 Å². The number of terminal acetylenes is 1.